The third-order valence-corrected chi connectivity index (χ3v) is 5.24. The lowest BCUT2D eigenvalue weighted by Gasteiger charge is -2.37. The fraction of sp³-hybridized carbons (Fsp3) is 0.714. The van der Waals surface area contributed by atoms with Gasteiger partial charge in [-0.05, 0) is 20.3 Å². The van der Waals surface area contributed by atoms with Crippen LogP contribution in [0, 0.1) is 0 Å². The molecule has 128 valence electrons. The van der Waals surface area contributed by atoms with Gasteiger partial charge < -0.3 is 19.5 Å². The van der Waals surface area contributed by atoms with Gasteiger partial charge in [0.15, 0.2) is 0 Å². The molecular weight excluding hydrogens is 326 g/mol. The monoisotopic (exact) mass is 345 g/mol. The van der Waals surface area contributed by atoms with Crippen molar-refractivity contribution in [2.45, 2.75) is 55.7 Å². The number of β-lactam (4-membered cyclic amide) rings is 1. The Kier molecular flexibility index (Phi) is 5.18. The number of hydrogen-bond acceptors (Lipinski definition) is 7. The van der Waals surface area contributed by atoms with Crippen LogP contribution in [-0.2, 0) is 28.7 Å². The van der Waals surface area contributed by atoms with Gasteiger partial charge in [-0.15, -0.1) is 11.8 Å². The minimum absolute atomic E-state index is 0.00798. The van der Waals surface area contributed by atoms with Crippen LogP contribution >= 0.6 is 11.8 Å². The van der Waals surface area contributed by atoms with Crippen LogP contribution in [0.5, 0.6) is 0 Å². The summed E-state index contributed by atoms with van der Waals surface area (Å²) in [6.07, 6.45) is 0.414. The average molecular weight is 345 g/mol. The number of nitrogens with zero attached hydrogens (tertiary/aromatic N) is 1. The average Bonchev–Trinajstić information content (AvgIpc) is 2.64. The zero-order valence-corrected chi connectivity index (χ0v) is 13.8. The third kappa shape index (κ3) is 3.95. The summed E-state index contributed by atoms with van der Waals surface area (Å²) < 4.78 is 9.24. The van der Waals surface area contributed by atoms with Gasteiger partial charge in [-0.3, -0.25) is 14.4 Å². The number of fused-ring (bicyclic) bond motifs is 1. The van der Waals surface area contributed by atoms with Crippen molar-refractivity contribution in [3.63, 3.8) is 0 Å². The van der Waals surface area contributed by atoms with Crippen LogP contribution in [0.3, 0.4) is 0 Å². The summed E-state index contributed by atoms with van der Waals surface area (Å²) in [7, 11) is 0. The molecule has 2 heterocycles. The Balaban J connectivity index is 1.75. The standard InChI is InChI=1S/C14H19NO7S/c1-14(2)12(15-8(16)6-9(15)23-14)13(20)22-7-21-11(19)5-3-4-10(17)18/h9,12H,3-7H2,1-2H3,(H,17,18)/t9-,12+/m1/s1. The summed E-state index contributed by atoms with van der Waals surface area (Å²) in [5.41, 5.74) is 0. The molecule has 2 rings (SSSR count). The SMILES string of the molecule is CC1(C)S[C@@H]2CC(=O)N2[C@H]1C(=O)OCOC(=O)CCCC(=O)O. The summed E-state index contributed by atoms with van der Waals surface area (Å²) >= 11 is 1.55. The van der Waals surface area contributed by atoms with Crippen molar-refractivity contribution in [2.75, 3.05) is 6.79 Å². The first-order valence-corrected chi connectivity index (χ1v) is 8.13. The number of carboxylic acid groups (broad SMARTS) is 1. The molecule has 0 aromatic rings. The molecule has 0 saturated carbocycles. The van der Waals surface area contributed by atoms with Crippen molar-refractivity contribution in [2.24, 2.45) is 0 Å². The van der Waals surface area contributed by atoms with Crippen molar-refractivity contribution < 1.29 is 33.8 Å². The van der Waals surface area contributed by atoms with E-state index >= 15 is 0 Å². The molecule has 1 N–H and O–H groups in total. The highest BCUT2D eigenvalue weighted by molar-refractivity contribution is 8.01. The Morgan fingerprint density at radius 2 is 2.00 bits per heavy atom. The molecule has 2 aliphatic rings. The van der Waals surface area contributed by atoms with Crippen molar-refractivity contribution in [1.82, 2.24) is 4.90 Å². The van der Waals surface area contributed by atoms with Gasteiger partial charge in [0.2, 0.25) is 12.7 Å². The molecule has 0 bridgehead atoms. The second kappa shape index (κ2) is 6.77. The summed E-state index contributed by atoms with van der Waals surface area (Å²) in [6, 6.07) is -0.690. The van der Waals surface area contributed by atoms with Crippen LogP contribution in [0.4, 0.5) is 0 Å². The molecule has 0 unspecified atom stereocenters. The molecule has 0 aromatic heterocycles. The fourth-order valence-electron chi connectivity index (χ4n) is 2.65. The van der Waals surface area contributed by atoms with Crippen LogP contribution in [-0.4, -0.2) is 56.8 Å². The number of rotatable bonds is 7. The van der Waals surface area contributed by atoms with Gasteiger partial charge in [0, 0.05) is 17.6 Å². The van der Waals surface area contributed by atoms with E-state index in [2.05, 4.69) is 0 Å². The van der Waals surface area contributed by atoms with E-state index in [1.807, 2.05) is 13.8 Å². The predicted molar refractivity (Wildman–Crippen MR) is 79.2 cm³/mol. The van der Waals surface area contributed by atoms with Gasteiger partial charge in [0.05, 0.1) is 11.8 Å². The van der Waals surface area contributed by atoms with Crippen LogP contribution in [0.15, 0.2) is 0 Å². The van der Waals surface area contributed by atoms with Gasteiger partial charge in [-0.1, -0.05) is 0 Å². The molecule has 0 aromatic carbocycles. The van der Waals surface area contributed by atoms with Crippen molar-refractivity contribution in [3.8, 4) is 0 Å². The molecule has 0 aliphatic carbocycles. The lowest BCUT2D eigenvalue weighted by atomic mass is 9.98. The van der Waals surface area contributed by atoms with Crippen LogP contribution in [0.25, 0.3) is 0 Å². The maximum Gasteiger partial charge on any atom is 0.333 e. The molecule has 23 heavy (non-hydrogen) atoms. The molecular formula is C14H19NO7S. The number of aliphatic carboxylic acids is 1. The highest BCUT2D eigenvalue weighted by atomic mass is 32.2. The van der Waals surface area contributed by atoms with E-state index in [-0.39, 0.29) is 30.5 Å². The minimum Gasteiger partial charge on any atom is -0.481 e. The Hall–Kier alpha value is -1.77. The lowest BCUT2D eigenvalue weighted by molar-refractivity contribution is -0.175. The first-order valence-electron chi connectivity index (χ1n) is 7.25. The highest BCUT2D eigenvalue weighted by Crippen LogP contribution is 2.50. The lowest BCUT2D eigenvalue weighted by Crippen LogP contribution is -2.57. The molecule has 1 amide bonds. The maximum absolute atomic E-state index is 12.2. The topological polar surface area (TPSA) is 110 Å². The van der Waals surface area contributed by atoms with E-state index in [1.54, 1.807) is 11.8 Å². The second-order valence-electron chi connectivity index (χ2n) is 5.93. The minimum atomic E-state index is -0.987. The van der Waals surface area contributed by atoms with E-state index < -0.39 is 35.5 Å². The molecule has 0 radical (unpaired) electrons. The Morgan fingerprint density at radius 1 is 1.30 bits per heavy atom. The van der Waals surface area contributed by atoms with Gasteiger partial charge in [0.25, 0.3) is 0 Å². The van der Waals surface area contributed by atoms with E-state index in [0.29, 0.717) is 6.42 Å². The number of thioether (sulfide) groups is 1. The van der Waals surface area contributed by atoms with Gasteiger partial charge >= 0.3 is 17.9 Å². The Morgan fingerprint density at radius 3 is 2.61 bits per heavy atom. The number of amides is 1. The van der Waals surface area contributed by atoms with Crippen molar-refractivity contribution >= 4 is 35.6 Å². The molecule has 2 aliphatic heterocycles. The largest absolute Gasteiger partial charge is 0.481 e. The molecule has 2 atom stereocenters. The predicted octanol–water partition coefficient (Wildman–Crippen LogP) is 0.738. The second-order valence-corrected chi connectivity index (χ2v) is 7.76. The molecule has 0 spiro atoms. The highest BCUT2D eigenvalue weighted by Gasteiger charge is 2.59. The van der Waals surface area contributed by atoms with E-state index in [0.717, 1.165) is 0 Å². The molecule has 2 saturated heterocycles. The Labute approximate surface area is 137 Å². The number of carboxylic acids is 1. The number of esters is 2. The number of ether oxygens (including phenoxy) is 2. The van der Waals surface area contributed by atoms with E-state index in [9.17, 15) is 19.2 Å². The zero-order valence-electron chi connectivity index (χ0n) is 12.9. The van der Waals surface area contributed by atoms with E-state index in [1.165, 1.54) is 4.90 Å². The van der Waals surface area contributed by atoms with Crippen molar-refractivity contribution in [3.05, 3.63) is 0 Å². The van der Waals surface area contributed by atoms with Crippen LogP contribution in [0.1, 0.15) is 39.5 Å². The van der Waals surface area contributed by atoms with Gasteiger partial charge in [-0.25, -0.2) is 4.79 Å². The fourth-order valence-corrected chi connectivity index (χ4v) is 4.26. The van der Waals surface area contributed by atoms with Gasteiger partial charge in [0.1, 0.15) is 6.04 Å². The summed E-state index contributed by atoms with van der Waals surface area (Å²) in [4.78, 5) is 47.0. The summed E-state index contributed by atoms with van der Waals surface area (Å²) in [5, 5.41) is 8.47. The van der Waals surface area contributed by atoms with Crippen LogP contribution in [0.2, 0.25) is 0 Å². The quantitative estimate of drug-likeness (QED) is 0.409. The summed E-state index contributed by atoms with van der Waals surface area (Å²) in [6.45, 7) is 3.20. The smallest absolute Gasteiger partial charge is 0.333 e. The maximum atomic E-state index is 12.2. The Bertz CT molecular complexity index is 533. The molecule has 8 nitrogen and oxygen atoms in total. The molecule has 9 heteroatoms. The number of hydrogen-bond donors (Lipinski definition) is 1. The molecule has 2 fully saturated rings. The normalized spacial score (nSPS) is 24.6. The first kappa shape index (κ1) is 17.6. The van der Waals surface area contributed by atoms with Crippen LogP contribution < -0.4 is 0 Å². The first-order chi connectivity index (χ1) is 10.7. The van der Waals surface area contributed by atoms with Crippen molar-refractivity contribution in [1.29, 1.82) is 0 Å². The third-order valence-electron chi connectivity index (χ3n) is 3.74. The van der Waals surface area contributed by atoms with Gasteiger partial charge in [-0.2, -0.15) is 0 Å². The number of carbonyl (C=O) groups excluding carboxylic acids is 3. The summed E-state index contributed by atoms with van der Waals surface area (Å²) in [5.74, 6) is -2.30. The zero-order chi connectivity index (χ0) is 17.2. The van der Waals surface area contributed by atoms with E-state index in [4.69, 9.17) is 14.6 Å². The number of carbonyl (C=O) groups is 4.